The molecule has 1 aromatic carbocycles. The van der Waals surface area contributed by atoms with Crippen molar-refractivity contribution in [1.82, 2.24) is 5.32 Å². The molecule has 1 aromatic rings. The molecular formula is C15H21F2NO3S. The van der Waals surface area contributed by atoms with E-state index in [2.05, 4.69) is 5.32 Å². The number of alkyl halides is 2. The van der Waals surface area contributed by atoms with E-state index in [1.807, 2.05) is 37.3 Å². The second-order valence-electron chi connectivity index (χ2n) is 5.78. The molecule has 4 nitrogen and oxygen atoms in total. The Bertz CT molecular complexity index is 592. The van der Waals surface area contributed by atoms with Gasteiger partial charge in [0.05, 0.1) is 6.26 Å². The summed E-state index contributed by atoms with van der Waals surface area (Å²) in [6.07, 6.45) is -0.439. The van der Waals surface area contributed by atoms with Crippen LogP contribution in [0.2, 0.25) is 0 Å². The van der Waals surface area contributed by atoms with Crippen LogP contribution in [0, 0.1) is 0 Å². The van der Waals surface area contributed by atoms with Crippen molar-refractivity contribution in [1.29, 1.82) is 0 Å². The molecule has 3 atom stereocenters. The first-order valence-corrected chi connectivity index (χ1v) is 9.08. The van der Waals surface area contributed by atoms with E-state index in [0.29, 0.717) is 12.8 Å². The molecule has 0 heterocycles. The molecule has 22 heavy (non-hydrogen) atoms. The first-order valence-electron chi connectivity index (χ1n) is 7.26. The van der Waals surface area contributed by atoms with Gasteiger partial charge in [0.15, 0.2) is 6.10 Å². The summed E-state index contributed by atoms with van der Waals surface area (Å²) < 4.78 is 55.5. The number of benzene rings is 1. The molecule has 0 radical (unpaired) electrons. The summed E-state index contributed by atoms with van der Waals surface area (Å²) in [5, 5.41) is 3.09. The highest BCUT2D eigenvalue weighted by molar-refractivity contribution is 7.86. The second-order valence-corrected chi connectivity index (χ2v) is 7.38. The zero-order valence-electron chi connectivity index (χ0n) is 12.6. The normalized spacial score (nSPS) is 26.5. The maximum absolute atomic E-state index is 14.1. The van der Waals surface area contributed by atoms with Crippen molar-refractivity contribution < 1.29 is 21.4 Å². The molecule has 0 bridgehead atoms. The summed E-state index contributed by atoms with van der Waals surface area (Å²) >= 11 is 0. The molecule has 2 rings (SSSR count). The molecule has 0 amide bonds. The van der Waals surface area contributed by atoms with Crippen LogP contribution in [0.4, 0.5) is 8.78 Å². The summed E-state index contributed by atoms with van der Waals surface area (Å²) in [7, 11) is -3.95. The number of rotatable bonds is 5. The van der Waals surface area contributed by atoms with Gasteiger partial charge in [-0.15, -0.1) is 0 Å². The average Bonchev–Trinajstić information content (AvgIpc) is 2.42. The fourth-order valence-corrected chi connectivity index (χ4v) is 3.45. The monoisotopic (exact) mass is 333 g/mol. The molecule has 0 unspecified atom stereocenters. The van der Waals surface area contributed by atoms with Crippen LogP contribution < -0.4 is 5.32 Å². The molecule has 0 aromatic heterocycles. The van der Waals surface area contributed by atoms with Crippen molar-refractivity contribution in [3.05, 3.63) is 35.9 Å². The quantitative estimate of drug-likeness (QED) is 0.842. The summed E-state index contributed by atoms with van der Waals surface area (Å²) in [5.74, 6) is -3.16. The van der Waals surface area contributed by atoms with Gasteiger partial charge in [-0.1, -0.05) is 30.3 Å². The Labute approximate surface area is 130 Å². The Kier molecular flexibility index (Phi) is 5.19. The van der Waals surface area contributed by atoms with Crippen LogP contribution in [0.25, 0.3) is 0 Å². The highest BCUT2D eigenvalue weighted by Gasteiger charge is 2.49. The van der Waals surface area contributed by atoms with Crippen LogP contribution in [0.5, 0.6) is 0 Å². The van der Waals surface area contributed by atoms with Crippen LogP contribution in [0.15, 0.2) is 30.3 Å². The lowest BCUT2D eigenvalue weighted by Crippen LogP contribution is -2.55. The van der Waals surface area contributed by atoms with Crippen LogP contribution in [0.3, 0.4) is 0 Å². The summed E-state index contributed by atoms with van der Waals surface area (Å²) in [6, 6.07) is 8.51. The van der Waals surface area contributed by atoms with Gasteiger partial charge < -0.3 is 5.32 Å². The van der Waals surface area contributed by atoms with Crippen LogP contribution >= 0.6 is 0 Å². The molecule has 0 spiro atoms. The van der Waals surface area contributed by atoms with Gasteiger partial charge in [-0.2, -0.15) is 8.42 Å². The Balaban J connectivity index is 2.16. The number of halogens is 2. The van der Waals surface area contributed by atoms with Crippen molar-refractivity contribution in [2.45, 2.75) is 50.3 Å². The maximum Gasteiger partial charge on any atom is 0.276 e. The highest BCUT2D eigenvalue weighted by Crippen LogP contribution is 2.37. The molecule has 7 heteroatoms. The highest BCUT2D eigenvalue weighted by atomic mass is 32.2. The van der Waals surface area contributed by atoms with Gasteiger partial charge in [-0.25, -0.2) is 8.78 Å². The molecule has 1 aliphatic carbocycles. The second kappa shape index (κ2) is 6.60. The minimum absolute atomic E-state index is 0.175. The smallest absolute Gasteiger partial charge is 0.276 e. The van der Waals surface area contributed by atoms with Gasteiger partial charge in [-0.3, -0.25) is 4.18 Å². The van der Waals surface area contributed by atoms with Crippen molar-refractivity contribution in [3.63, 3.8) is 0 Å². The van der Waals surface area contributed by atoms with E-state index in [-0.39, 0.29) is 12.5 Å². The molecule has 1 N–H and O–H groups in total. The van der Waals surface area contributed by atoms with Gasteiger partial charge in [0.1, 0.15) is 0 Å². The largest absolute Gasteiger partial charge is 0.305 e. The standard InChI is InChI=1S/C15H21F2NO3S/c1-11(12-7-4-3-5-8-12)18-13-9-6-10-15(16,17)14(13)21-22(2,19)20/h3-5,7-8,11,13-14,18H,6,9-10H2,1-2H3/t11-,13-,14+/m1/s1. The summed E-state index contributed by atoms with van der Waals surface area (Å²) in [5.41, 5.74) is 0.953. The third-order valence-corrected chi connectivity index (χ3v) is 4.41. The van der Waals surface area contributed by atoms with Crippen LogP contribution in [-0.2, 0) is 14.3 Å². The van der Waals surface area contributed by atoms with E-state index < -0.39 is 28.2 Å². The van der Waals surface area contributed by atoms with Gasteiger partial charge in [0.2, 0.25) is 0 Å². The molecule has 1 fully saturated rings. The fraction of sp³-hybridized carbons (Fsp3) is 0.600. The van der Waals surface area contributed by atoms with E-state index in [1.165, 1.54) is 0 Å². The topological polar surface area (TPSA) is 55.4 Å². The van der Waals surface area contributed by atoms with Gasteiger partial charge in [0.25, 0.3) is 16.0 Å². The zero-order chi connectivity index (χ0) is 16.4. The first-order chi connectivity index (χ1) is 10.2. The van der Waals surface area contributed by atoms with Crippen LogP contribution in [-0.4, -0.2) is 32.7 Å². The number of hydrogen-bond donors (Lipinski definition) is 1. The van der Waals surface area contributed by atoms with Crippen molar-refractivity contribution in [3.8, 4) is 0 Å². The van der Waals surface area contributed by atoms with Gasteiger partial charge >= 0.3 is 0 Å². The molecular weight excluding hydrogens is 312 g/mol. The summed E-state index contributed by atoms with van der Waals surface area (Å²) in [6.45, 7) is 1.86. The van der Waals surface area contributed by atoms with E-state index in [9.17, 15) is 17.2 Å². The van der Waals surface area contributed by atoms with Gasteiger partial charge in [-0.05, 0) is 25.3 Å². The van der Waals surface area contributed by atoms with Crippen molar-refractivity contribution in [2.24, 2.45) is 0 Å². The average molecular weight is 333 g/mol. The first kappa shape index (κ1) is 17.3. The van der Waals surface area contributed by atoms with Crippen LogP contribution in [0.1, 0.15) is 37.8 Å². The minimum atomic E-state index is -3.95. The van der Waals surface area contributed by atoms with Crippen molar-refractivity contribution >= 4 is 10.1 Å². The zero-order valence-corrected chi connectivity index (χ0v) is 13.4. The molecule has 124 valence electrons. The Hall–Kier alpha value is -1.05. The predicted molar refractivity (Wildman–Crippen MR) is 80.3 cm³/mol. The Morgan fingerprint density at radius 2 is 1.95 bits per heavy atom. The van der Waals surface area contributed by atoms with E-state index in [4.69, 9.17) is 4.18 Å². The third-order valence-electron chi connectivity index (χ3n) is 3.85. The SMILES string of the molecule is C[C@@H](N[C@@H]1CCCC(F)(F)[C@H]1OS(C)(=O)=O)c1ccccc1. The van der Waals surface area contributed by atoms with E-state index in [1.54, 1.807) is 0 Å². The Morgan fingerprint density at radius 1 is 1.32 bits per heavy atom. The van der Waals surface area contributed by atoms with Crippen molar-refractivity contribution in [2.75, 3.05) is 6.26 Å². The fourth-order valence-electron chi connectivity index (χ4n) is 2.80. The summed E-state index contributed by atoms with van der Waals surface area (Å²) in [4.78, 5) is 0. The lowest BCUT2D eigenvalue weighted by molar-refractivity contribution is -0.131. The minimum Gasteiger partial charge on any atom is -0.305 e. The number of hydrogen-bond acceptors (Lipinski definition) is 4. The maximum atomic E-state index is 14.1. The Morgan fingerprint density at radius 3 is 2.55 bits per heavy atom. The van der Waals surface area contributed by atoms with Gasteiger partial charge in [0, 0.05) is 18.5 Å². The lowest BCUT2D eigenvalue weighted by Gasteiger charge is -2.38. The molecule has 0 saturated heterocycles. The predicted octanol–water partition coefficient (Wildman–Crippen LogP) is 2.87. The molecule has 0 aliphatic heterocycles. The number of nitrogens with one attached hydrogen (secondary N) is 1. The van der Waals surface area contributed by atoms with E-state index >= 15 is 0 Å². The third kappa shape index (κ3) is 4.47. The van der Waals surface area contributed by atoms with E-state index in [0.717, 1.165) is 11.8 Å². The molecule has 1 saturated carbocycles. The lowest BCUT2D eigenvalue weighted by atomic mass is 9.88. The molecule has 1 aliphatic rings.